The van der Waals surface area contributed by atoms with Crippen LogP contribution in [-0.2, 0) is 6.42 Å². The quantitative estimate of drug-likeness (QED) is 0.816. The fourth-order valence-corrected chi connectivity index (χ4v) is 2.58. The molecule has 0 aliphatic rings. The summed E-state index contributed by atoms with van der Waals surface area (Å²) in [5.41, 5.74) is 7.89. The molecule has 0 fully saturated rings. The molecule has 0 heterocycles. The Balaban J connectivity index is 1.95. The van der Waals surface area contributed by atoms with E-state index < -0.39 is 0 Å². The lowest BCUT2D eigenvalue weighted by Crippen LogP contribution is -2.25. The number of nitrogen functional groups attached to an aromatic ring is 1. The zero-order chi connectivity index (χ0) is 15.2. The minimum atomic E-state index is -0.141. The van der Waals surface area contributed by atoms with Gasteiger partial charge < -0.3 is 15.8 Å². The molecule has 110 valence electrons. The minimum absolute atomic E-state index is 0.141. The molecular formula is C16H17BrN2O2. The SMILES string of the molecule is COc1ccccc1CCNC(=O)c1cc(N)cc(Br)c1. The molecule has 0 unspecified atom stereocenters. The summed E-state index contributed by atoms with van der Waals surface area (Å²) in [6, 6.07) is 12.9. The first-order valence-corrected chi connectivity index (χ1v) is 7.35. The van der Waals surface area contributed by atoms with E-state index in [9.17, 15) is 4.79 Å². The van der Waals surface area contributed by atoms with Crippen LogP contribution in [0.15, 0.2) is 46.9 Å². The van der Waals surface area contributed by atoms with Crippen molar-refractivity contribution in [3.63, 3.8) is 0 Å². The summed E-state index contributed by atoms with van der Waals surface area (Å²) in [6.07, 6.45) is 0.708. The first kappa shape index (κ1) is 15.4. The molecular weight excluding hydrogens is 332 g/mol. The van der Waals surface area contributed by atoms with Crippen molar-refractivity contribution in [2.24, 2.45) is 0 Å². The van der Waals surface area contributed by atoms with Crippen LogP contribution in [0.5, 0.6) is 5.75 Å². The van der Waals surface area contributed by atoms with Gasteiger partial charge in [-0.2, -0.15) is 0 Å². The van der Waals surface area contributed by atoms with Gasteiger partial charge in [-0.05, 0) is 36.2 Å². The van der Waals surface area contributed by atoms with Crippen LogP contribution in [0.3, 0.4) is 0 Å². The van der Waals surface area contributed by atoms with Crippen molar-refractivity contribution in [1.82, 2.24) is 5.32 Å². The van der Waals surface area contributed by atoms with Gasteiger partial charge in [0.05, 0.1) is 7.11 Å². The average Bonchev–Trinajstić information content (AvgIpc) is 2.46. The second kappa shape index (κ2) is 7.13. The van der Waals surface area contributed by atoms with Gasteiger partial charge in [0.1, 0.15) is 5.75 Å². The average molecular weight is 349 g/mol. The first-order valence-electron chi connectivity index (χ1n) is 6.56. The molecule has 21 heavy (non-hydrogen) atoms. The molecule has 0 radical (unpaired) electrons. The van der Waals surface area contributed by atoms with E-state index in [4.69, 9.17) is 10.5 Å². The summed E-state index contributed by atoms with van der Waals surface area (Å²) < 4.78 is 6.07. The Bertz CT molecular complexity index is 624. The van der Waals surface area contributed by atoms with E-state index >= 15 is 0 Å². The highest BCUT2D eigenvalue weighted by atomic mass is 79.9. The number of anilines is 1. The maximum absolute atomic E-state index is 12.1. The van der Waals surface area contributed by atoms with Gasteiger partial charge in [0.15, 0.2) is 0 Å². The van der Waals surface area contributed by atoms with Crippen molar-refractivity contribution in [2.45, 2.75) is 6.42 Å². The maximum atomic E-state index is 12.1. The van der Waals surface area contributed by atoms with E-state index in [2.05, 4.69) is 21.2 Å². The summed E-state index contributed by atoms with van der Waals surface area (Å²) in [5.74, 6) is 0.691. The highest BCUT2D eigenvalue weighted by Crippen LogP contribution is 2.18. The number of halogens is 1. The number of amides is 1. The van der Waals surface area contributed by atoms with Crippen molar-refractivity contribution in [3.05, 3.63) is 58.1 Å². The number of hydrogen-bond acceptors (Lipinski definition) is 3. The predicted octanol–water partition coefficient (Wildman–Crippen LogP) is 3.01. The third-order valence-electron chi connectivity index (χ3n) is 3.05. The highest BCUT2D eigenvalue weighted by molar-refractivity contribution is 9.10. The smallest absolute Gasteiger partial charge is 0.251 e. The van der Waals surface area contributed by atoms with Crippen LogP contribution in [0.4, 0.5) is 5.69 Å². The van der Waals surface area contributed by atoms with Crippen LogP contribution in [-0.4, -0.2) is 19.6 Å². The first-order chi connectivity index (χ1) is 10.1. The van der Waals surface area contributed by atoms with Crippen LogP contribution in [0.2, 0.25) is 0 Å². The van der Waals surface area contributed by atoms with Crippen molar-refractivity contribution in [3.8, 4) is 5.75 Å². The summed E-state index contributed by atoms with van der Waals surface area (Å²) in [4.78, 5) is 12.1. The number of methoxy groups -OCH3 is 1. The van der Waals surface area contributed by atoms with E-state index in [-0.39, 0.29) is 5.91 Å². The molecule has 0 aliphatic heterocycles. The Hall–Kier alpha value is -2.01. The van der Waals surface area contributed by atoms with Crippen LogP contribution in [0, 0.1) is 0 Å². The normalized spacial score (nSPS) is 10.2. The summed E-state index contributed by atoms with van der Waals surface area (Å²) >= 11 is 3.33. The lowest BCUT2D eigenvalue weighted by Gasteiger charge is -2.09. The third-order valence-corrected chi connectivity index (χ3v) is 3.51. The molecule has 0 spiro atoms. The fourth-order valence-electron chi connectivity index (χ4n) is 2.07. The second-order valence-electron chi connectivity index (χ2n) is 4.59. The van der Waals surface area contributed by atoms with Gasteiger partial charge in [0, 0.05) is 22.3 Å². The zero-order valence-electron chi connectivity index (χ0n) is 11.7. The Kier molecular flexibility index (Phi) is 5.22. The number of hydrogen-bond donors (Lipinski definition) is 2. The van der Waals surface area contributed by atoms with E-state index in [1.165, 1.54) is 0 Å². The van der Waals surface area contributed by atoms with Gasteiger partial charge in [0.2, 0.25) is 0 Å². The van der Waals surface area contributed by atoms with Crippen LogP contribution in [0.25, 0.3) is 0 Å². The van der Waals surface area contributed by atoms with E-state index in [0.29, 0.717) is 24.2 Å². The van der Waals surface area contributed by atoms with Crippen LogP contribution >= 0.6 is 15.9 Å². The molecule has 0 saturated carbocycles. The van der Waals surface area contributed by atoms with E-state index in [0.717, 1.165) is 15.8 Å². The Morgan fingerprint density at radius 1 is 1.29 bits per heavy atom. The van der Waals surface area contributed by atoms with E-state index in [1.54, 1.807) is 25.3 Å². The molecule has 0 aliphatic carbocycles. The molecule has 0 aromatic heterocycles. The number of ether oxygens (including phenoxy) is 1. The van der Waals surface area contributed by atoms with Crippen molar-refractivity contribution in [1.29, 1.82) is 0 Å². The number of carbonyl (C=O) groups excluding carboxylic acids is 1. The maximum Gasteiger partial charge on any atom is 0.251 e. The van der Waals surface area contributed by atoms with Crippen LogP contribution < -0.4 is 15.8 Å². The number of nitrogens with one attached hydrogen (secondary N) is 1. The molecule has 4 nitrogen and oxygen atoms in total. The molecule has 2 aromatic rings. The number of para-hydroxylation sites is 1. The monoisotopic (exact) mass is 348 g/mol. The Morgan fingerprint density at radius 2 is 2.05 bits per heavy atom. The summed E-state index contributed by atoms with van der Waals surface area (Å²) in [5, 5.41) is 2.88. The molecule has 5 heteroatoms. The molecule has 0 bridgehead atoms. The number of carbonyl (C=O) groups is 1. The lowest BCUT2D eigenvalue weighted by molar-refractivity contribution is 0.0954. The third kappa shape index (κ3) is 4.23. The Labute approximate surface area is 132 Å². The highest BCUT2D eigenvalue weighted by Gasteiger charge is 2.08. The fraction of sp³-hybridized carbons (Fsp3) is 0.188. The molecule has 0 atom stereocenters. The molecule has 0 saturated heterocycles. The van der Waals surface area contributed by atoms with Crippen LogP contribution in [0.1, 0.15) is 15.9 Å². The van der Waals surface area contributed by atoms with Gasteiger partial charge in [-0.3, -0.25) is 4.79 Å². The largest absolute Gasteiger partial charge is 0.496 e. The molecule has 2 aromatic carbocycles. The lowest BCUT2D eigenvalue weighted by atomic mass is 10.1. The predicted molar refractivity (Wildman–Crippen MR) is 87.6 cm³/mol. The minimum Gasteiger partial charge on any atom is -0.496 e. The molecule has 3 N–H and O–H groups in total. The van der Waals surface area contributed by atoms with Crippen molar-refractivity contribution >= 4 is 27.5 Å². The van der Waals surface area contributed by atoms with Gasteiger partial charge in [-0.25, -0.2) is 0 Å². The van der Waals surface area contributed by atoms with Crippen molar-refractivity contribution in [2.75, 3.05) is 19.4 Å². The van der Waals surface area contributed by atoms with Gasteiger partial charge >= 0.3 is 0 Å². The van der Waals surface area contributed by atoms with Gasteiger partial charge in [-0.15, -0.1) is 0 Å². The number of rotatable bonds is 5. The van der Waals surface area contributed by atoms with E-state index in [1.807, 2.05) is 24.3 Å². The second-order valence-corrected chi connectivity index (χ2v) is 5.51. The molecule has 1 amide bonds. The molecule has 2 rings (SSSR count). The Morgan fingerprint density at radius 3 is 2.76 bits per heavy atom. The zero-order valence-corrected chi connectivity index (χ0v) is 13.3. The van der Waals surface area contributed by atoms with Gasteiger partial charge in [0.25, 0.3) is 5.91 Å². The standard InChI is InChI=1S/C16H17BrN2O2/c1-21-15-5-3-2-4-11(15)6-7-19-16(20)12-8-13(17)10-14(18)9-12/h2-5,8-10H,6-7,18H2,1H3,(H,19,20). The topological polar surface area (TPSA) is 64.3 Å². The summed E-state index contributed by atoms with van der Waals surface area (Å²) in [6.45, 7) is 0.533. The number of nitrogens with two attached hydrogens (primary N) is 1. The van der Waals surface area contributed by atoms with Crippen molar-refractivity contribution < 1.29 is 9.53 Å². The summed E-state index contributed by atoms with van der Waals surface area (Å²) in [7, 11) is 1.64. The van der Waals surface area contributed by atoms with Gasteiger partial charge in [-0.1, -0.05) is 34.1 Å². The number of benzene rings is 2.